The van der Waals surface area contributed by atoms with Crippen LogP contribution in [0, 0.1) is 0 Å². The zero-order chi connectivity index (χ0) is 18.5. The van der Waals surface area contributed by atoms with Gasteiger partial charge in [0, 0.05) is 29.9 Å². The molecule has 0 aliphatic carbocycles. The van der Waals surface area contributed by atoms with Crippen molar-refractivity contribution in [2.75, 3.05) is 7.11 Å². The number of aryl methyl sites for hydroxylation is 1. The lowest BCUT2D eigenvalue weighted by molar-refractivity contribution is 0.0995. The van der Waals surface area contributed by atoms with Gasteiger partial charge in [-0.15, -0.1) is 10.2 Å². The second-order valence-corrected chi connectivity index (χ2v) is 5.80. The monoisotopic (exact) mass is 352 g/mol. The number of methoxy groups -OCH3 is 1. The number of ether oxygens (including phenoxy) is 1. The van der Waals surface area contributed by atoms with Crippen LogP contribution >= 0.6 is 0 Å². The Morgan fingerprint density at radius 3 is 2.73 bits per heavy atom. The third-order valence-corrected chi connectivity index (χ3v) is 4.12. The Morgan fingerprint density at radius 1 is 1.27 bits per heavy atom. The summed E-state index contributed by atoms with van der Waals surface area (Å²) in [6.45, 7) is 2.73. The largest absolute Gasteiger partial charge is 0.497 e. The number of benzene rings is 1. The van der Waals surface area contributed by atoms with Crippen LogP contribution in [0.3, 0.4) is 0 Å². The maximum atomic E-state index is 12.2. The van der Waals surface area contributed by atoms with Crippen molar-refractivity contribution in [3.05, 3.63) is 48.3 Å². The molecule has 7 nitrogen and oxygen atoms in total. The predicted octanol–water partition coefficient (Wildman–Crippen LogP) is 4.47. The smallest absolute Gasteiger partial charge is 0.295 e. The highest BCUT2D eigenvalue weighted by Gasteiger charge is 2.17. The van der Waals surface area contributed by atoms with Crippen LogP contribution in [0.4, 0.5) is 5.69 Å². The number of carbonyl (C=O) groups is 1. The van der Waals surface area contributed by atoms with Gasteiger partial charge in [-0.05, 0) is 36.8 Å². The lowest BCUT2D eigenvalue weighted by atomic mass is 10.2. The van der Waals surface area contributed by atoms with Crippen LogP contribution in [0.1, 0.15) is 30.1 Å². The average molecular weight is 352 g/mol. The molecule has 3 rings (SSSR count). The number of hydrogen-bond acceptors (Lipinski definition) is 5. The first-order valence-corrected chi connectivity index (χ1v) is 8.41. The van der Waals surface area contributed by atoms with E-state index in [0.717, 1.165) is 18.4 Å². The van der Waals surface area contributed by atoms with Gasteiger partial charge in [0.2, 0.25) is 5.88 Å². The summed E-state index contributed by atoms with van der Waals surface area (Å²) >= 11 is 0. The maximum absolute atomic E-state index is 12.2. The first-order chi connectivity index (χ1) is 12.7. The second-order valence-electron chi connectivity index (χ2n) is 5.80. The number of aromatic nitrogens is 2. The van der Waals surface area contributed by atoms with E-state index < -0.39 is 5.91 Å². The molecule has 0 unspecified atom stereocenters. The summed E-state index contributed by atoms with van der Waals surface area (Å²) in [5.41, 5.74) is 1.47. The van der Waals surface area contributed by atoms with Crippen LogP contribution in [0.25, 0.3) is 10.9 Å². The minimum absolute atomic E-state index is 0.00650. The maximum Gasteiger partial charge on any atom is 0.295 e. The number of aromatic hydroxyl groups is 1. The van der Waals surface area contributed by atoms with E-state index in [0.29, 0.717) is 23.2 Å². The molecule has 0 atom stereocenters. The minimum atomic E-state index is -0.496. The topological polar surface area (TPSA) is 89.1 Å². The summed E-state index contributed by atoms with van der Waals surface area (Å²) in [4.78, 5) is 16.0. The summed E-state index contributed by atoms with van der Waals surface area (Å²) in [6.07, 6.45) is 4.94. The van der Waals surface area contributed by atoms with Crippen LogP contribution in [0.2, 0.25) is 0 Å². The van der Waals surface area contributed by atoms with Gasteiger partial charge in [0.1, 0.15) is 5.75 Å². The number of amides is 1. The molecule has 3 aromatic rings. The molecule has 0 saturated heterocycles. The fraction of sp³-hybridized carbons (Fsp3) is 0.263. The molecule has 0 radical (unpaired) electrons. The zero-order valence-corrected chi connectivity index (χ0v) is 14.7. The molecule has 1 N–H and O–H groups in total. The summed E-state index contributed by atoms with van der Waals surface area (Å²) in [6, 6.07) is 8.60. The van der Waals surface area contributed by atoms with Crippen molar-refractivity contribution in [1.82, 2.24) is 9.55 Å². The number of rotatable bonds is 6. The number of carbonyl (C=O) groups excluding carboxylic acids is 1. The predicted molar refractivity (Wildman–Crippen MR) is 98.1 cm³/mol. The number of azo groups is 1. The van der Waals surface area contributed by atoms with Crippen LogP contribution in [-0.4, -0.2) is 27.7 Å². The molecular weight excluding hydrogens is 332 g/mol. The summed E-state index contributed by atoms with van der Waals surface area (Å²) in [7, 11) is 1.57. The number of nitrogens with zero attached hydrogens (tertiary/aromatic N) is 4. The Labute approximate surface area is 151 Å². The van der Waals surface area contributed by atoms with Crippen molar-refractivity contribution in [2.45, 2.75) is 26.3 Å². The highest BCUT2D eigenvalue weighted by Crippen LogP contribution is 2.40. The highest BCUT2D eigenvalue weighted by atomic mass is 16.5. The molecule has 2 aromatic heterocycles. The van der Waals surface area contributed by atoms with Gasteiger partial charge in [-0.2, -0.15) is 0 Å². The first-order valence-electron chi connectivity index (χ1n) is 8.41. The van der Waals surface area contributed by atoms with Gasteiger partial charge in [-0.3, -0.25) is 9.78 Å². The van der Waals surface area contributed by atoms with Crippen molar-refractivity contribution in [3.8, 4) is 11.6 Å². The van der Waals surface area contributed by atoms with Crippen molar-refractivity contribution >= 4 is 22.5 Å². The summed E-state index contributed by atoms with van der Waals surface area (Å²) < 4.78 is 7.05. The molecule has 0 saturated carbocycles. The van der Waals surface area contributed by atoms with Gasteiger partial charge < -0.3 is 14.4 Å². The molecule has 0 fully saturated rings. The Bertz CT molecular complexity index is 948. The SMILES string of the molecule is CCCCn1c(O)c(N=NC(=O)c2ccncc2)c2cc(OC)ccc21. The van der Waals surface area contributed by atoms with Crippen LogP contribution in [0.15, 0.2) is 53.0 Å². The van der Waals surface area contributed by atoms with Gasteiger partial charge in [-0.1, -0.05) is 13.3 Å². The Balaban J connectivity index is 2.04. The van der Waals surface area contributed by atoms with E-state index in [-0.39, 0.29) is 11.6 Å². The van der Waals surface area contributed by atoms with Gasteiger partial charge in [-0.25, -0.2) is 0 Å². The van der Waals surface area contributed by atoms with Gasteiger partial charge in [0.15, 0.2) is 5.69 Å². The third-order valence-electron chi connectivity index (χ3n) is 4.12. The van der Waals surface area contributed by atoms with Gasteiger partial charge in [0.25, 0.3) is 5.91 Å². The van der Waals surface area contributed by atoms with E-state index in [4.69, 9.17) is 4.74 Å². The summed E-state index contributed by atoms with van der Waals surface area (Å²) in [5, 5.41) is 19.1. The fourth-order valence-electron chi connectivity index (χ4n) is 2.72. The molecule has 0 aliphatic heterocycles. The second kappa shape index (κ2) is 7.77. The molecular formula is C19H20N4O3. The molecule has 7 heteroatoms. The van der Waals surface area contributed by atoms with E-state index >= 15 is 0 Å². The van der Waals surface area contributed by atoms with E-state index in [2.05, 4.69) is 22.1 Å². The Kier molecular flexibility index (Phi) is 5.26. The normalized spacial score (nSPS) is 11.3. The molecule has 0 aliphatic rings. The molecule has 0 spiro atoms. The van der Waals surface area contributed by atoms with Gasteiger partial charge >= 0.3 is 0 Å². The minimum Gasteiger partial charge on any atom is -0.497 e. The van der Waals surface area contributed by atoms with Crippen molar-refractivity contribution in [3.63, 3.8) is 0 Å². The Hall–Kier alpha value is -3.22. The molecule has 26 heavy (non-hydrogen) atoms. The fourth-order valence-corrected chi connectivity index (χ4v) is 2.72. The van der Waals surface area contributed by atoms with E-state index in [9.17, 15) is 9.90 Å². The van der Waals surface area contributed by atoms with Crippen LogP contribution in [0.5, 0.6) is 11.6 Å². The lowest BCUT2D eigenvalue weighted by Gasteiger charge is -2.05. The van der Waals surface area contributed by atoms with Crippen molar-refractivity contribution in [2.24, 2.45) is 10.2 Å². The average Bonchev–Trinajstić information content (AvgIpc) is 2.95. The first kappa shape index (κ1) is 17.6. The molecule has 134 valence electrons. The van der Waals surface area contributed by atoms with E-state index in [1.807, 2.05) is 12.1 Å². The molecule has 0 bridgehead atoms. The summed E-state index contributed by atoms with van der Waals surface area (Å²) in [5.74, 6) is 0.138. The van der Waals surface area contributed by atoms with Crippen LogP contribution in [-0.2, 0) is 6.54 Å². The van der Waals surface area contributed by atoms with E-state index in [1.165, 1.54) is 12.4 Å². The highest BCUT2D eigenvalue weighted by molar-refractivity contribution is 5.97. The lowest BCUT2D eigenvalue weighted by Crippen LogP contribution is -1.96. The molecule has 1 aromatic carbocycles. The van der Waals surface area contributed by atoms with Crippen molar-refractivity contribution in [1.29, 1.82) is 0 Å². The van der Waals surface area contributed by atoms with Crippen molar-refractivity contribution < 1.29 is 14.6 Å². The molecule has 1 amide bonds. The van der Waals surface area contributed by atoms with Gasteiger partial charge in [0.05, 0.1) is 12.6 Å². The third kappa shape index (κ3) is 3.42. The number of fused-ring (bicyclic) bond motifs is 1. The quantitative estimate of drug-likeness (QED) is 0.663. The molecule has 2 heterocycles. The number of unbranched alkanes of at least 4 members (excludes halogenated alkanes) is 1. The zero-order valence-electron chi connectivity index (χ0n) is 14.7. The standard InChI is InChI=1S/C19H20N4O3/c1-3-4-11-23-16-6-5-14(26-2)12-15(16)17(19(23)25)21-22-18(24)13-7-9-20-10-8-13/h5-10,12,25H,3-4,11H2,1-2H3. The van der Waals surface area contributed by atoms with E-state index in [1.54, 1.807) is 29.9 Å². The number of pyridine rings is 1. The number of hydrogen-bond donors (Lipinski definition) is 1. The van der Waals surface area contributed by atoms with Crippen LogP contribution < -0.4 is 4.74 Å². The Morgan fingerprint density at radius 2 is 2.04 bits per heavy atom.